The monoisotopic (exact) mass is 1700 g/mol. The topological polar surface area (TPSA) is 567 Å². The Hall–Kier alpha value is -9.61. The van der Waals surface area contributed by atoms with Gasteiger partial charge in [0, 0.05) is 47.7 Å². The molecule has 23 N–H and O–H groups in total. The molecule has 13 rings (SSSR count). The van der Waals surface area contributed by atoms with E-state index in [1.54, 1.807) is 0 Å². The lowest BCUT2D eigenvalue weighted by molar-refractivity contribution is -0.333. The lowest BCUT2D eigenvalue weighted by atomic mass is 9.86. The summed E-state index contributed by atoms with van der Waals surface area (Å²) < 4.78 is 52.3. The summed E-state index contributed by atoms with van der Waals surface area (Å²) in [7, 11) is 1.49. The van der Waals surface area contributed by atoms with Gasteiger partial charge in [0.25, 0.3) is 0 Å². The second kappa shape index (κ2) is 39.1. The first-order valence-electron chi connectivity index (χ1n) is 40.3. The van der Waals surface area contributed by atoms with Crippen molar-refractivity contribution in [3.8, 4) is 57.1 Å². The number of hydrogen-bond acceptors (Lipinski definition) is 28. The molecule has 654 valence electrons. The summed E-state index contributed by atoms with van der Waals surface area (Å²) in [6, 6.07) is 2.95. The van der Waals surface area contributed by atoms with Crippen molar-refractivity contribution in [3.63, 3.8) is 0 Å². The number of halogens is 1. The lowest BCUT2D eigenvalue weighted by Crippen LogP contribution is -2.64. The van der Waals surface area contributed by atoms with Crippen molar-refractivity contribution >= 4 is 58.9 Å². The number of phenolic OH excluding ortho intramolecular Hbond substituents is 3. The molecule has 0 spiro atoms. The van der Waals surface area contributed by atoms with Crippen LogP contribution in [0.3, 0.4) is 0 Å². The Labute approximate surface area is 697 Å². The quantitative estimate of drug-likeness (QED) is 0.0395. The van der Waals surface area contributed by atoms with Gasteiger partial charge in [0.15, 0.2) is 30.2 Å². The van der Waals surface area contributed by atoms with Crippen molar-refractivity contribution in [3.05, 3.63) is 118 Å². The second-order valence-corrected chi connectivity index (χ2v) is 33.0. The minimum Gasteiger partial charge on any atom is -0.508 e. The van der Waals surface area contributed by atoms with E-state index in [9.17, 15) is 55.5 Å². The highest BCUT2D eigenvalue weighted by Crippen LogP contribution is 2.50. The number of unbranched alkanes of at least 4 members (excludes halogenated alkanes) is 7. The summed E-state index contributed by atoms with van der Waals surface area (Å²) in [4.78, 5) is 123. The van der Waals surface area contributed by atoms with E-state index in [2.05, 4.69) is 49.5 Å². The molecule has 36 nitrogen and oxygen atoms in total. The number of amides is 8. The number of hydrogen-bond donors (Lipinski definition) is 20. The average Bonchev–Trinajstić information content (AvgIpc) is 0.766. The number of aromatic hydroxyl groups is 3. The Morgan fingerprint density at radius 2 is 1.25 bits per heavy atom. The van der Waals surface area contributed by atoms with Crippen LogP contribution in [0.1, 0.15) is 184 Å². The highest BCUT2D eigenvalue weighted by atomic mass is 35.5. The van der Waals surface area contributed by atoms with Crippen LogP contribution in [0.15, 0.2) is 84.9 Å². The van der Waals surface area contributed by atoms with Gasteiger partial charge in [-0.1, -0.05) is 102 Å². The van der Waals surface area contributed by atoms with Crippen LogP contribution in [0.25, 0.3) is 11.1 Å². The van der Waals surface area contributed by atoms with Gasteiger partial charge in [0.1, 0.15) is 95.5 Å². The number of carbonyl (C=O) groups excluding carboxylic acids is 8. The van der Waals surface area contributed by atoms with Crippen molar-refractivity contribution in [2.24, 2.45) is 23.1 Å². The van der Waals surface area contributed by atoms with Crippen molar-refractivity contribution in [1.29, 1.82) is 0 Å². The van der Waals surface area contributed by atoms with Crippen molar-refractivity contribution < 1.29 is 122 Å². The molecule has 5 aromatic carbocycles. The number of fused-ring (bicyclic) bond motifs is 15. The zero-order chi connectivity index (χ0) is 87.1. The number of rotatable bonds is 24. The molecule has 8 heterocycles. The molecule has 8 amide bonds. The van der Waals surface area contributed by atoms with Crippen molar-refractivity contribution in [2.45, 2.75) is 259 Å². The van der Waals surface area contributed by atoms with Crippen LogP contribution in [-0.4, -0.2) is 216 Å². The molecular weight excluding hydrogens is 1590 g/mol. The molecule has 0 aliphatic carbocycles. The zero-order valence-electron chi connectivity index (χ0n) is 67.8. The van der Waals surface area contributed by atoms with Gasteiger partial charge >= 0.3 is 0 Å². The molecule has 8 aliphatic rings. The number of primary amides is 1. The first-order valence-corrected chi connectivity index (χ1v) is 40.7. The summed E-state index contributed by atoms with van der Waals surface area (Å²) in [5.74, 6) is -13.8. The fourth-order valence-electron chi connectivity index (χ4n) is 15.8. The Morgan fingerprint density at radius 1 is 0.650 bits per heavy atom. The first kappa shape index (κ1) is 91.1. The summed E-state index contributed by atoms with van der Waals surface area (Å²) in [5.41, 5.74) is 14.5. The highest BCUT2D eigenvalue weighted by molar-refractivity contribution is 6.32. The molecule has 8 aliphatic heterocycles. The Balaban J connectivity index is 1.16. The minimum absolute atomic E-state index is 0.0218. The molecule has 11 bridgehead atoms. The summed E-state index contributed by atoms with van der Waals surface area (Å²) >= 11 is 7.19. The average molecular weight is 1700 g/mol. The maximum atomic E-state index is 16.6. The normalized spacial score (nSPS) is 30.5. The van der Waals surface area contributed by atoms with E-state index in [-0.39, 0.29) is 81.6 Å². The number of likely N-dealkylation sites (N-methyl/N-ethyl adjacent to an activating group) is 1. The van der Waals surface area contributed by atoms with Crippen LogP contribution in [-0.2, 0) is 62.0 Å². The Kier molecular flexibility index (Phi) is 29.7. The van der Waals surface area contributed by atoms with Crippen LogP contribution >= 0.6 is 11.6 Å². The molecule has 3 saturated heterocycles. The number of nitrogens with one attached hydrogen (secondary N) is 8. The van der Waals surface area contributed by atoms with Gasteiger partial charge < -0.3 is 144 Å². The van der Waals surface area contributed by atoms with Crippen molar-refractivity contribution in [1.82, 2.24) is 42.5 Å². The lowest BCUT2D eigenvalue weighted by Gasteiger charge is -2.47. The standard InChI is InChI=1S/C83H110ClN11O25/c1-9-10-11-12-13-14-15-16-25-89-76(108)63-47-31-44(97)32-52(99)60(47)46-27-41(19-23-51(46)98)61-77(109)95-65(80(112)93-63)69(118-58-34-82(6,86)72(104)38(4)113-58)40-17-21-45(22-18-40)115-54-29-43-30-55(70(54)120-81-71(68(103)67(102)56(36-96)117-81)119-59-35-83(7,87)73(105)39(5)114-59)116-53-24-20-42(28-48(53)84)66(101)64(94-74(106)49(88-8)26-37(2)3)79(111)90-50(33-57(85)100)75(107)91-62(43)78(110)92-61/h17-24,27-32,37-39,49-50,56,58-59,61-69,71-73,81,88,96-99,101-105H,9-16,25-26,33-36,86-87H2,1-8H3,(H2,85,100)(H,89,108)(H,90,111)(H,91,107)(H,92,110)(H,93,112)(H,94,106)(H,95,109)/t38-,39-,49+,50-,56+,58-,59-,61+,62+,63-,64+,65-,66?,67+,68-,69+,71+,72-,73+,81-,82-,83-/m0/s1. The molecule has 3 fully saturated rings. The van der Waals surface area contributed by atoms with Gasteiger partial charge in [0.05, 0.1) is 48.5 Å². The molecule has 5 aromatic rings. The van der Waals surface area contributed by atoms with Gasteiger partial charge in [-0.05, 0) is 136 Å². The largest absolute Gasteiger partial charge is 0.508 e. The van der Waals surface area contributed by atoms with Gasteiger partial charge in [0.2, 0.25) is 59.3 Å². The number of benzene rings is 5. The molecule has 37 heteroatoms. The van der Waals surface area contributed by atoms with E-state index < -0.39 is 234 Å². The van der Waals surface area contributed by atoms with E-state index in [1.165, 1.54) is 77.2 Å². The fraction of sp³-hybridized carbons (Fsp3) is 0.542. The third kappa shape index (κ3) is 21.1. The van der Waals surface area contributed by atoms with Gasteiger partial charge in [-0.25, -0.2) is 0 Å². The van der Waals surface area contributed by atoms with Gasteiger partial charge in [-0.3, -0.25) is 38.4 Å². The number of aliphatic hydroxyl groups is 6. The number of aliphatic hydroxyl groups excluding tert-OH is 6. The van der Waals surface area contributed by atoms with Crippen LogP contribution in [0.2, 0.25) is 5.02 Å². The number of phenols is 3. The van der Waals surface area contributed by atoms with E-state index in [0.717, 1.165) is 81.0 Å². The van der Waals surface area contributed by atoms with Crippen LogP contribution in [0.4, 0.5) is 0 Å². The summed E-state index contributed by atoms with van der Waals surface area (Å²) in [6.07, 6.45) is -14.9. The zero-order valence-corrected chi connectivity index (χ0v) is 68.5. The Morgan fingerprint density at radius 3 is 1.87 bits per heavy atom. The third-order valence-corrected chi connectivity index (χ3v) is 22.7. The van der Waals surface area contributed by atoms with E-state index in [4.69, 9.17) is 66.7 Å². The molecule has 0 radical (unpaired) electrons. The van der Waals surface area contributed by atoms with Crippen LogP contribution in [0, 0.1) is 5.92 Å². The van der Waals surface area contributed by atoms with Gasteiger partial charge in [-0.2, -0.15) is 0 Å². The maximum Gasteiger partial charge on any atom is 0.248 e. The summed E-state index contributed by atoms with van der Waals surface area (Å²) in [6.45, 7) is 11.0. The number of ether oxygens (including phenoxy) is 8. The molecule has 1 unspecified atom stereocenters. The van der Waals surface area contributed by atoms with Crippen LogP contribution < -0.4 is 73.9 Å². The third-order valence-electron chi connectivity index (χ3n) is 22.4. The highest BCUT2D eigenvalue weighted by Gasteiger charge is 2.52. The SMILES string of the molecule is CCCCCCCCCCNC(=O)[C@H]1NC(=O)[C@H]2NC(=O)[C@H](NC(=O)[C@@H]3NC(=O)[C@H](CC(N)=O)NC(=O)[C@H](NC(=O)[C@@H](CC(C)C)NC)C(O)c4ccc(c(Cl)c4)Oc4cc3cc(c4O[C@@H]3O[C@H](CO)[C@@H](O)[C@H](O)[C@H]3O[C@H]3C[C@](C)(N)[C@H](O)[C@H](C)O3)Oc3ccc(cc3)[C@H]2O[C@H]2C[C@](C)(N)[C@@H](O)[C@H](C)O2)c2ccc(O)c(c2)-c2c(O)cc(O)cc21. The molecule has 0 saturated carbocycles. The molecule has 22 atom stereocenters. The van der Waals surface area contributed by atoms with Gasteiger partial charge in [-0.15, -0.1) is 0 Å². The first-order chi connectivity index (χ1) is 56.9. The fourth-order valence-corrected chi connectivity index (χ4v) is 16.0. The molecule has 120 heavy (non-hydrogen) atoms. The van der Waals surface area contributed by atoms with E-state index in [0.29, 0.717) is 12.8 Å². The van der Waals surface area contributed by atoms with E-state index >= 15 is 28.8 Å². The molecule has 0 aromatic heterocycles. The predicted molar refractivity (Wildman–Crippen MR) is 429 cm³/mol. The number of carbonyl (C=O) groups is 8. The second-order valence-electron chi connectivity index (χ2n) is 32.6. The Bertz CT molecular complexity index is 4540. The number of nitrogens with two attached hydrogens (primary N) is 3. The maximum absolute atomic E-state index is 16.6. The predicted octanol–water partition coefficient (Wildman–Crippen LogP) is 2.86. The van der Waals surface area contributed by atoms with Crippen LogP contribution in [0.5, 0.6) is 46.0 Å². The van der Waals surface area contributed by atoms with E-state index in [1.807, 2.05) is 13.8 Å². The van der Waals surface area contributed by atoms with Crippen molar-refractivity contribution in [2.75, 3.05) is 20.2 Å². The smallest absolute Gasteiger partial charge is 0.248 e. The summed E-state index contributed by atoms with van der Waals surface area (Å²) in [5, 5.41) is 126. The minimum atomic E-state index is -2.33. The molecular formula is C83H110ClN11O25.